The summed E-state index contributed by atoms with van der Waals surface area (Å²) in [5.41, 5.74) is 0.240. The predicted molar refractivity (Wildman–Crippen MR) is 54.4 cm³/mol. The number of rotatable bonds is 3. The van der Waals surface area contributed by atoms with Gasteiger partial charge in [-0.2, -0.15) is 0 Å². The molecule has 0 aliphatic carbocycles. The van der Waals surface area contributed by atoms with Crippen molar-refractivity contribution in [1.82, 2.24) is 0 Å². The first-order valence-electron chi connectivity index (χ1n) is 4.21. The van der Waals surface area contributed by atoms with E-state index in [1.165, 1.54) is 12.1 Å². The van der Waals surface area contributed by atoms with E-state index in [4.69, 9.17) is 18.0 Å². The lowest BCUT2D eigenvalue weighted by Crippen LogP contribution is -2.00. The van der Waals surface area contributed by atoms with Gasteiger partial charge in [-0.3, -0.25) is 0 Å². The molecule has 0 saturated heterocycles. The van der Waals surface area contributed by atoms with E-state index in [0.29, 0.717) is 17.9 Å². The fraction of sp³-hybridized carbons (Fsp3) is 0.273. The van der Waals surface area contributed by atoms with E-state index in [-0.39, 0.29) is 5.56 Å². The maximum absolute atomic E-state index is 13.2. The Kier molecular flexibility index (Phi) is 3.94. The van der Waals surface area contributed by atoms with Crippen molar-refractivity contribution in [3.8, 4) is 12.3 Å². The SMILES string of the molecule is C#CCCC(O)c1ccc(Cl)cc1F. The summed E-state index contributed by atoms with van der Waals surface area (Å²) in [6.45, 7) is 0. The van der Waals surface area contributed by atoms with Gasteiger partial charge < -0.3 is 5.11 Å². The minimum atomic E-state index is -0.858. The number of hydrogen-bond donors (Lipinski definition) is 1. The summed E-state index contributed by atoms with van der Waals surface area (Å²) in [4.78, 5) is 0. The monoisotopic (exact) mass is 212 g/mol. The van der Waals surface area contributed by atoms with Gasteiger partial charge in [0.2, 0.25) is 0 Å². The van der Waals surface area contributed by atoms with Crippen LogP contribution in [0.4, 0.5) is 4.39 Å². The largest absolute Gasteiger partial charge is 0.388 e. The molecule has 0 spiro atoms. The van der Waals surface area contributed by atoms with Crippen LogP contribution < -0.4 is 0 Å². The normalized spacial score (nSPS) is 12.1. The fourth-order valence-electron chi connectivity index (χ4n) is 1.15. The van der Waals surface area contributed by atoms with Crippen molar-refractivity contribution in [2.24, 2.45) is 0 Å². The molecule has 0 saturated carbocycles. The van der Waals surface area contributed by atoms with E-state index >= 15 is 0 Å². The second kappa shape index (κ2) is 4.99. The Balaban J connectivity index is 2.80. The molecule has 0 aromatic heterocycles. The third-order valence-electron chi connectivity index (χ3n) is 1.88. The van der Waals surface area contributed by atoms with Crippen molar-refractivity contribution < 1.29 is 9.50 Å². The van der Waals surface area contributed by atoms with Crippen LogP contribution in [-0.2, 0) is 0 Å². The fourth-order valence-corrected chi connectivity index (χ4v) is 1.31. The molecule has 1 aromatic rings. The molecule has 0 radical (unpaired) electrons. The van der Waals surface area contributed by atoms with Crippen LogP contribution in [0.5, 0.6) is 0 Å². The number of halogens is 2. The smallest absolute Gasteiger partial charge is 0.130 e. The van der Waals surface area contributed by atoms with Gasteiger partial charge in [-0.15, -0.1) is 12.3 Å². The number of aliphatic hydroxyl groups is 1. The van der Waals surface area contributed by atoms with Crippen molar-refractivity contribution >= 4 is 11.6 Å². The van der Waals surface area contributed by atoms with Crippen LogP contribution in [0.2, 0.25) is 5.02 Å². The van der Waals surface area contributed by atoms with Crippen molar-refractivity contribution in [3.05, 3.63) is 34.6 Å². The molecule has 0 amide bonds. The molecule has 0 heterocycles. The quantitative estimate of drug-likeness (QED) is 0.764. The summed E-state index contributed by atoms with van der Waals surface area (Å²) in [7, 11) is 0. The number of aliphatic hydroxyl groups excluding tert-OH is 1. The minimum Gasteiger partial charge on any atom is -0.388 e. The third-order valence-corrected chi connectivity index (χ3v) is 2.12. The Bertz CT molecular complexity index is 357. The van der Waals surface area contributed by atoms with Crippen LogP contribution in [0.15, 0.2) is 18.2 Å². The zero-order valence-electron chi connectivity index (χ0n) is 7.50. The Morgan fingerprint density at radius 3 is 2.86 bits per heavy atom. The molecule has 14 heavy (non-hydrogen) atoms. The van der Waals surface area contributed by atoms with Crippen LogP contribution in [0.3, 0.4) is 0 Å². The highest BCUT2D eigenvalue weighted by molar-refractivity contribution is 6.30. The topological polar surface area (TPSA) is 20.2 Å². The number of terminal acetylenes is 1. The van der Waals surface area contributed by atoms with Gasteiger partial charge in [-0.1, -0.05) is 17.7 Å². The second-order valence-corrected chi connectivity index (χ2v) is 3.36. The third kappa shape index (κ3) is 2.73. The molecule has 0 bridgehead atoms. The van der Waals surface area contributed by atoms with E-state index in [1.807, 2.05) is 0 Å². The standard InChI is InChI=1S/C11H10ClFO/c1-2-3-4-11(14)9-6-5-8(12)7-10(9)13/h1,5-7,11,14H,3-4H2. The van der Waals surface area contributed by atoms with E-state index < -0.39 is 11.9 Å². The van der Waals surface area contributed by atoms with Crippen LogP contribution in [0.1, 0.15) is 24.5 Å². The van der Waals surface area contributed by atoms with Crippen molar-refractivity contribution in [1.29, 1.82) is 0 Å². The molecule has 3 heteroatoms. The zero-order valence-corrected chi connectivity index (χ0v) is 8.26. The lowest BCUT2D eigenvalue weighted by molar-refractivity contribution is 0.165. The van der Waals surface area contributed by atoms with Crippen molar-refractivity contribution in [3.63, 3.8) is 0 Å². The molecule has 1 nitrogen and oxygen atoms in total. The second-order valence-electron chi connectivity index (χ2n) is 2.92. The van der Waals surface area contributed by atoms with Gasteiger partial charge in [-0.05, 0) is 18.6 Å². The van der Waals surface area contributed by atoms with E-state index in [2.05, 4.69) is 5.92 Å². The molecular formula is C11H10ClFO. The maximum Gasteiger partial charge on any atom is 0.130 e. The summed E-state index contributed by atoms with van der Waals surface area (Å²) >= 11 is 5.57. The summed E-state index contributed by atoms with van der Waals surface area (Å²) in [5.74, 6) is 1.89. The van der Waals surface area contributed by atoms with Gasteiger partial charge in [0, 0.05) is 17.0 Å². The van der Waals surface area contributed by atoms with Gasteiger partial charge >= 0.3 is 0 Å². The molecule has 1 N–H and O–H groups in total. The molecule has 1 unspecified atom stereocenters. The maximum atomic E-state index is 13.2. The lowest BCUT2D eigenvalue weighted by atomic mass is 10.0. The Morgan fingerprint density at radius 2 is 2.29 bits per heavy atom. The molecule has 1 atom stereocenters. The highest BCUT2D eigenvalue weighted by atomic mass is 35.5. The molecule has 1 rings (SSSR count). The average Bonchev–Trinajstić information content (AvgIpc) is 2.14. The summed E-state index contributed by atoms with van der Waals surface area (Å²) in [6.07, 6.45) is 4.96. The van der Waals surface area contributed by atoms with Gasteiger partial charge in [0.05, 0.1) is 6.10 Å². The van der Waals surface area contributed by atoms with Crippen molar-refractivity contribution in [2.45, 2.75) is 18.9 Å². The van der Waals surface area contributed by atoms with Gasteiger partial charge in [0.25, 0.3) is 0 Å². The Hall–Kier alpha value is -1.04. The predicted octanol–water partition coefficient (Wildman–Crippen LogP) is 2.93. The van der Waals surface area contributed by atoms with Crippen LogP contribution in [0, 0.1) is 18.2 Å². The first-order valence-corrected chi connectivity index (χ1v) is 4.59. The average molecular weight is 213 g/mol. The molecule has 0 aliphatic heterocycles. The van der Waals surface area contributed by atoms with Crippen LogP contribution >= 0.6 is 11.6 Å². The van der Waals surface area contributed by atoms with E-state index in [1.54, 1.807) is 6.07 Å². The van der Waals surface area contributed by atoms with Crippen LogP contribution in [0.25, 0.3) is 0 Å². The summed E-state index contributed by atoms with van der Waals surface area (Å²) in [6, 6.07) is 4.19. The highest BCUT2D eigenvalue weighted by Crippen LogP contribution is 2.23. The van der Waals surface area contributed by atoms with Crippen LogP contribution in [-0.4, -0.2) is 5.11 Å². The minimum absolute atomic E-state index is 0.240. The molecular weight excluding hydrogens is 203 g/mol. The summed E-state index contributed by atoms with van der Waals surface area (Å²) < 4.78 is 13.2. The van der Waals surface area contributed by atoms with E-state index in [0.717, 1.165) is 0 Å². The van der Waals surface area contributed by atoms with Gasteiger partial charge in [-0.25, -0.2) is 4.39 Å². The lowest BCUT2D eigenvalue weighted by Gasteiger charge is -2.10. The zero-order chi connectivity index (χ0) is 10.6. The molecule has 74 valence electrons. The van der Waals surface area contributed by atoms with E-state index in [9.17, 15) is 9.50 Å². The van der Waals surface area contributed by atoms with Gasteiger partial charge in [0.15, 0.2) is 0 Å². The Labute approximate surface area is 87.5 Å². The molecule has 1 aromatic carbocycles. The van der Waals surface area contributed by atoms with Gasteiger partial charge in [0.1, 0.15) is 5.82 Å². The molecule has 0 aliphatic rings. The number of hydrogen-bond acceptors (Lipinski definition) is 1. The Morgan fingerprint density at radius 1 is 1.57 bits per heavy atom. The molecule has 0 fully saturated rings. The van der Waals surface area contributed by atoms with Crippen molar-refractivity contribution in [2.75, 3.05) is 0 Å². The first kappa shape index (κ1) is 11.0. The summed E-state index contributed by atoms with van der Waals surface area (Å²) in [5, 5.41) is 9.86. The number of benzene rings is 1. The first-order chi connectivity index (χ1) is 6.65. The highest BCUT2D eigenvalue weighted by Gasteiger charge is 2.11.